The van der Waals surface area contributed by atoms with Gasteiger partial charge in [-0.1, -0.05) is 30.3 Å². The molecule has 0 saturated carbocycles. The van der Waals surface area contributed by atoms with E-state index in [-0.39, 0.29) is 29.3 Å². The van der Waals surface area contributed by atoms with E-state index < -0.39 is 21.6 Å². The molecule has 0 aromatic heterocycles. The monoisotopic (exact) mass is 404 g/mol. The summed E-state index contributed by atoms with van der Waals surface area (Å²) in [6, 6.07) is 12.7. The van der Waals surface area contributed by atoms with Crippen molar-refractivity contribution in [3.05, 3.63) is 65.5 Å². The Morgan fingerprint density at radius 3 is 2.46 bits per heavy atom. The largest absolute Gasteiger partial charge is 0.505 e. The minimum Gasteiger partial charge on any atom is -0.505 e. The summed E-state index contributed by atoms with van der Waals surface area (Å²) in [5.41, 5.74) is 1.13. The number of phenolic OH excluding ortho intramolecular Hbond substituents is 1. The molecule has 148 valence electrons. The zero-order valence-corrected chi connectivity index (χ0v) is 16.1. The average molecular weight is 404 g/mol. The highest BCUT2D eigenvalue weighted by atomic mass is 32.2. The lowest BCUT2D eigenvalue weighted by Gasteiger charge is -2.28. The van der Waals surface area contributed by atoms with Crippen molar-refractivity contribution in [3.8, 4) is 5.75 Å². The van der Waals surface area contributed by atoms with Crippen molar-refractivity contribution in [3.63, 3.8) is 0 Å². The Labute approximate surface area is 163 Å². The number of halogens is 1. The number of carbonyl (C=O) groups excluding carboxylic acids is 1. The van der Waals surface area contributed by atoms with E-state index in [9.17, 15) is 22.7 Å². The van der Waals surface area contributed by atoms with E-state index in [1.165, 1.54) is 16.6 Å². The summed E-state index contributed by atoms with van der Waals surface area (Å²) in [6.45, 7) is 1.20. The number of fused-ring (bicyclic) bond motifs is 1. The maximum Gasteiger partial charge on any atom is 0.254 e. The summed E-state index contributed by atoms with van der Waals surface area (Å²) >= 11 is 0. The standard InChI is InChI=1S/C20H21FN2O4S/c1-28(26,27)23-11-15-10-22(20(25)14-7-8-17(21)18(24)9-14)12-16(15)19(23)13-5-3-2-4-6-13/h2-9,15-16,19,24H,10-12H2,1H3/t15-,16-,19+/m1/s1. The third kappa shape index (κ3) is 3.27. The number of hydrogen-bond acceptors (Lipinski definition) is 4. The Morgan fingerprint density at radius 1 is 1.11 bits per heavy atom. The predicted octanol–water partition coefficient (Wildman–Crippen LogP) is 2.24. The van der Waals surface area contributed by atoms with Gasteiger partial charge in [0.25, 0.3) is 5.91 Å². The summed E-state index contributed by atoms with van der Waals surface area (Å²) < 4.78 is 39.5. The van der Waals surface area contributed by atoms with Gasteiger partial charge in [0.15, 0.2) is 11.6 Å². The van der Waals surface area contributed by atoms with Crippen LogP contribution in [0.25, 0.3) is 0 Å². The van der Waals surface area contributed by atoms with E-state index in [4.69, 9.17) is 0 Å². The van der Waals surface area contributed by atoms with Gasteiger partial charge >= 0.3 is 0 Å². The molecule has 2 aliphatic heterocycles. The van der Waals surface area contributed by atoms with Crippen LogP contribution in [0.3, 0.4) is 0 Å². The molecule has 0 aliphatic carbocycles. The van der Waals surface area contributed by atoms with Gasteiger partial charge in [-0.25, -0.2) is 12.8 Å². The second kappa shape index (κ2) is 6.86. The van der Waals surface area contributed by atoms with Crippen molar-refractivity contribution < 1.29 is 22.7 Å². The van der Waals surface area contributed by atoms with Crippen molar-refractivity contribution in [2.24, 2.45) is 11.8 Å². The lowest BCUT2D eigenvalue weighted by molar-refractivity contribution is 0.0773. The number of amides is 1. The molecule has 2 saturated heterocycles. The average Bonchev–Trinajstić information content (AvgIpc) is 3.22. The number of likely N-dealkylation sites (tertiary alicyclic amines) is 1. The number of carbonyl (C=O) groups is 1. The highest BCUT2D eigenvalue weighted by molar-refractivity contribution is 7.88. The first-order chi connectivity index (χ1) is 13.3. The molecule has 0 radical (unpaired) electrons. The Morgan fingerprint density at radius 2 is 1.82 bits per heavy atom. The van der Waals surface area contributed by atoms with Gasteiger partial charge in [0.1, 0.15) is 0 Å². The van der Waals surface area contributed by atoms with Crippen LogP contribution in [-0.4, -0.2) is 54.5 Å². The second-order valence-corrected chi connectivity index (χ2v) is 9.42. The number of sulfonamides is 1. The number of aromatic hydroxyl groups is 1. The van der Waals surface area contributed by atoms with Crippen molar-refractivity contribution in [2.45, 2.75) is 6.04 Å². The van der Waals surface area contributed by atoms with Gasteiger partial charge in [-0.05, 0) is 29.7 Å². The Hall–Kier alpha value is -2.45. The summed E-state index contributed by atoms with van der Waals surface area (Å²) in [6.07, 6.45) is 1.22. The molecular formula is C20H21FN2O4S. The summed E-state index contributed by atoms with van der Waals surface area (Å²) in [5, 5.41) is 9.55. The lowest BCUT2D eigenvalue weighted by Crippen LogP contribution is -2.37. The van der Waals surface area contributed by atoms with Crippen LogP contribution in [0.4, 0.5) is 4.39 Å². The van der Waals surface area contributed by atoms with Crippen molar-refractivity contribution in [1.29, 1.82) is 0 Å². The van der Waals surface area contributed by atoms with Crippen molar-refractivity contribution in [2.75, 3.05) is 25.9 Å². The third-order valence-corrected chi connectivity index (χ3v) is 6.90. The fraction of sp³-hybridized carbons (Fsp3) is 0.350. The minimum absolute atomic E-state index is 0.0184. The van der Waals surface area contributed by atoms with Crippen molar-refractivity contribution in [1.82, 2.24) is 9.21 Å². The molecule has 1 N–H and O–H groups in total. The summed E-state index contributed by atoms with van der Waals surface area (Å²) in [7, 11) is -3.39. The molecule has 28 heavy (non-hydrogen) atoms. The normalized spacial score (nSPS) is 25.1. The fourth-order valence-electron chi connectivity index (χ4n) is 4.41. The van der Waals surface area contributed by atoms with Crippen LogP contribution in [0, 0.1) is 17.7 Å². The molecule has 2 heterocycles. The van der Waals surface area contributed by atoms with Gasteiger partial charge < -0.3 is 10.0 Å². The first-order valence-corrected chi connectivity index (χ1v) is 10.9. The molecular weight excluding hydrogens is 383 g/mol. The first kappa shape index (κ1) is 18.9. The Kier molecular flexibility index (Phi) is 4.63. The molecule has 8 heteroatoms. The zero-order chi connectivity index (χ0) is 20.1. The van der Waals surface area contributed by atoms with Crippen LogP contribution in [0.15, 0.2) is 48.5 Å². The molecule has 4 rings (SSSR count). The number of hydrogen-bond donors (Lipinski definition) is 1. The first-order valence-electron chi connectivity index (χ1n) is 9.05. The second-order valence-electron chi connectivity index (χ2n) is 7.49. The Balaban J connectivity index is 1.61. The minimum atomic E-state index is -3.39. The van der Waals surface area contributed by atoms with Gasteiger partial charge in [0.2, 0.25) is 10.0 Å². The van der Waals surface area contributed by atoms with E-state index in [2.05, 4.69) is 0 Å². The molecule has 2 aromatic carbocycles. The molecule has 0 spiro atoms. The quantitative estimate of drug-likeness (QED) is 0.851. The number of rotatable bonds is 3. The van der Waals surface area contributed by atoms with Gasteiger partial charge in [0, 0.05) is 31.1 Å². The number of nitrogens with zero attached hydrogens (tertiary/aromatic N) is 2. The maximum atomic E-state index is 13.3. The van der Waals surface area contributed by atoms with E-state index in [0.717, 1.165) is 17.7 Å². The van der Waals surface area contributed by atoms with Crippen LogP contribution in [0.2, 0.25) is 0 Å². The summed E-state index contributed by atoms with van der Waals surface area (Å²) in [4.78, 5) is 14.5. The molecule has 2 aromatic rings. The number of benzene rings is 2. The molecule has 6 nitrogen and oxygen atoms in total. The van der Waals surface area contributed by atoms with Gasteiger partial charge in [-0.2, -0.15) is 4.31 Å². The predicted molar refractivity (Wildman–Crippen MR) is 102 cm³/mol. The SMILES string of the molecule is CS(=O)(=O)N1C[C@H]2CN(C(=O)c3ccc(F)c(O)c3)C[C@H]2[C@@H]1c1ccccc1. The van der Waals surface area contributed by atoms with Gasteiger partial charge in [-0.15, -0.1) is 0 Å². The van der Waals surface area contributed by atoms with Crippen LogP contribution in [0.5, 0.6) is 5.75 Å². The van der Waals surface area contributed by atoms with Crippen LogP contribution in [0.1, 0.15) is 22.0 Å². The Bertz CT molecular complexity index is 1010. The highest BCUT2D eigenvalue weighted by Gasteiger charge is 2.51. The smallest absolute Gasteiger partial charge is 0.254 e. The zero-order valence-electron chi connectivity index (χ0n) is 15.3. The topological polar surface area (TPSA) is 77.9 Å². The molecule has 1 amide bonds. The van der Waals surface area contributed by atoms with E-state index in [1.807, 2.05) is 30.3 Å². The highest BCUT2D eigenvalue weighted by Crippen LogP contribution is 2.46. The fourth-order valence-corrected chi connectivity index (χ4v) is 5.56. The van der Waals surface area contributed by atoms with Crippen molar-refractivity contribution >= 4 is 15.9 Å². The van der Waals surface area contributed by atoms with Gasteiger partial charge in [-0.3, -0.25) is 4.79 Å². The van der Waals surface area contributed by atoms with E-state index >= 15 is 0 Å². The van der Waals surface area contributed by atoms with Gasteiger partial charge in [0.05, 0.1) is 12.3 Å². The lowest BCUT2D eigenvalue weighted by atomic mass is 9.90. The molecule has 0 unspecified atom stereocenters. The molecule has 0 bridgehead atoms. The molecule has 2 fully saturated rings. The van der Waals surface area contributed by atoms with Crippen LogP contribution < -0.4 is 0 Å². The third-order valence-electron chi connectivity index (χ3n) is 5.67. The number of phenols is 1. The van der Waals surface area contributed by atoms with Crippen LogP contribution in [-0.2, 0) is 10.0 Å². The molecule has 3 atom stereocenters. The van der Waals surface area contributed by atoms with E-state index in [1.54, 1.807) is 4.90 Å². The molecule has 2 aliphatic rings. The maximum absolute atomic E-state index is 13.3. The van der Waals surface area contributed by atoms with Crippen LogP contribution >= 0.6 is 0 Å². The van der Waals surface area contributed by atoms with E-state index in [0.29, 0.717) is 19.6 Å². The summed E-state index contributed by atoms with van der Waals surface area (Å²) in [5.74, 6) is -1.62.